The van der Waals surface area contributed by atoms with Crippen molar-refractivity contribution in [2.24, 2.45) is 35.0 Å². The third-order valence-electron chi connectivity index (χ3n) is 8.94. The number of allylic oxidation sites excluding steroid dienone is 1. The molecule has 25 heavy (non-hydrogen) atoms. The Bertz CT molecular complexity index is 579. The minimum Gasteiger partial charge on any atom is -0.386 e. The third-order valence-corrected chi connectivity index (χ3v) is 8.94. The van der Waals surface area contributed by atoms with Crippen LogP contribution in [0.5, 0.6) is 0 Å². The summed E-state index contributed by atoms with van der Waals surface area (Å²) in [6.07, 6.45) is 13.4. The second-order valence-corrected chi connectivity index (χ2v) is 9.79. The van der Waals surface area contributed by atoms with E-state index in [0.29, 0.717) is 18.1 Å². The molecular formula is C23H36O2. The van der Waals surface area contributed by atoms with E-state index in [2.05, 4.69) is 19.9 Å². The van der Waals surface area contributed by atoms with E-state index in [-0.39, 0.29) is 5.41 Å². The number of fused-ring (bicyclic) bond motifs is 5. The number of hydrogen-bond acceptors (Lipinski definition) is 2. The van der Waals surface area contributed by atoms with Gasteiger partial charge < -0.3 is 5.11 Å². The molecule has 0 heterocycles. The second kappa shape index (κ2) is 6.22. The van der Waals surface area contributed by atoms with Crippen molar-refractivity contribution in [2.75, 3.05) is 0 Å². The van der Waals surface area contributed by atoms with Gasteiger partial charge in [0, 0.05) is 12.3 Å². The molecule has 140 valence electrons. The Kier molecular flexibility index (Phi) is 4.42. The molecule has 0 aromatic rings. The molecule has 4 aliphatic carbocycles. The molecule has 0 bridgehead atoms. The molecule has 3 fully saturated rings. The zero-order chi connectivity index (χ0) is 17.8. The van der Waals surface area contributed by atoms with Gasteiger partial charge in [0.05, 0.1) is 5.60 Å². The second-order valence-electron chi connectivity index (χ2n) is 9.79. The summed E-state index contributed by atoms with van der Waals surface area (Å²) >= 11 is 0. The Morgan fingerprint density at radius 3 is 2.64 bits per heavy atom. The van der Waals surface area contributed by atoms with Gasteiger partial charge in [0.25, 0.3) is 0 Å². The molecule has 0 unspecified atom stereocenters. The molecule has 0 amide bonds. The normalized spacial score (nSPS) is 49.0. The smallest absolute Gasteiger partial charge is 0.136 e. The maximum Gasteiger partial charge on any atom is 0.136 e. The fraction of sp³-hybridized carbons (Fsp3) is 0.870. The number of ketones is 1. The Morgan fingerprint density at radius 2 is 1.92 bits per heavy atom. The van der Waals surface area contributed by atoms with E-state index in [9.17, 15) is 9.90 Å². The van der Waals surface area contributed by atoms with Crippen molar-refractivity contribution in [2.45, 2.75) is 90.6 Å². The summed E-state index contributed by atoms with van der Waals surface area (Å²) in [6, 6.07) is 0. The molecule has 2 nitrogen and oxygen atoms in total. The zero-order valence-electron chi connectivity index (χ0n) is 16.4. The molecule has 2 heteroatoms. The molecule has 7 atom stereocenters. The van der Waals surface area contributed by atoms with Gasteiger partial charge in [-0.1, -0.05) is 32.4 Å². The van der Waals surface area contributed by atoms with E-state index < -0.39 is 5.60 Å². The van der Waals surface area contributed by atoms with Crippen molar-refractivity contribution in [1.82, 2.24) is 0 Å². The Hall–Kier alpha value is -0.630. The summed E-state index contributed by atoms with van der Waals surface area (Å²) in [4.78, 5) is 12.5. The van der Waals surface area contributed by atoms with E-state index in [1.54, 1.807) is 5.57 Å². The van der Waals surface area contributed by atoms with Crippen LogP contribution >= 0.6 is 0 Å². The molecule has 1 N–H and O–H groups in total. The van der Waals surface area contributed by atoms with Crippen LogP contribution < -0.4 is 0 Å². The highest BCUT2D eigenvalue weighted by atomic mass is 16.3. The maximum absolute atomic E-state index is 12.5. The van der Waals surface area contributed by atoms with Crippen LogP contribution in [0.1, 0.15) is 85.0 Å². The predicted molar refractivity (Wildman–Crippen MR) is 101 cm³/mol. The Morgan fingerprint density at radius 1 is 1.12 bits per heavy atom. The largest absolute Gasteiger partial charge is 0.386 e. The number of hydrogen-bond donors (Lipinski definition) is 1. The number of carbonyl (C=O) groups is 1. The van der Waals surface area contributed by atoms with Crippen LogP contribution in [0.25, 0.3) is 0 Å². The lowest BCUT2D eigenvalue weighted by atomic mass is 9.50. The van der Waals surface area contributed by atoms with Gasteiger partial charge in [-0.05, 0) is 86.9 Å². The van der Waals surface area contributed by atoms with E-state index in [4.69, 9.17) is 0 Å². The van der Waals surface area contributed by atoms with Gasteiger partial charge in [-0.25, -0.2) is 0 Å². The van der Waals surface area contributed by atoms with Gasteiger partial charge in [0.15, 0.2) is 0 Å². The Labute approximate surface area is 153 Å². The lowest BCUT2D eigenvalue weighted by Crippen LogP contribution is -2.48. The minimum absolute atomic E-state index is 0.272. The van der Waals surface area contributed by atoms with Crippen LogP contribution in [-0.4, -0.2) is 16.5 Å². The van der Waals surface area contributed by atoms with Crippen LogP contribution in [0.4, 0.5) is 0 Å². The van der Waals surface area contributed by atoms with Crippen LogP contribution in [0.2, 0.25) is 0 Å². The Balaban J connectivity index is 1.57. The molecule has 0 saturated heterocycles. The van der Waals surface area contributed by atoms with Crippen molar-refractivity contribution >= 4 is 5.78 Å². The number of carbonyl (C=O) groups excluding carboxylic acids is 1. The summed E-state index contributed by atoms with van der Waals surface area (Å²) in [7, 11) is 0. The first kappa shape index (κ1) is 17.8. The SMILES string of the molecule is CCC(=O)[C@H]1CC[C@H]2[C@@H]3CCC4=C[C@@](O)(CC)CC[C@@H]4[C@H]3CC[C@]12C. The van der Waals surface area contributed by atoms with Crippen LogP contribution in [-0.2, 0) is 4.79 Å². The van der Waals surface area contributed by atoms with Gasteiger partial charge in [0.2, 0.25) is 0 Å². The van der Waals surface area contributed by atoms with E-state index in [1.807, 2.05) is 6.92 Å². The quantitative estimate of drug-likeness (QED) is 0.706. The summed E-state index contributed by atoms with van der Waals surface area (Å²) in [5.41, 5.74) is 1.31. The third kappa shape index (κ3) is 2.66. The number of Topliss-reactive ketones (excluding diaryl/α,β-unsaturated/α-hetero) is 1. The predicted octanol–water partition coefficient (Wildman–Crippen LogP) is 5.30. The molecule has 3 saturated carbocycles. The highest BCUT2D eigenvalue weighted by molar-refractivity contribution is 5.82. The number of rotatable bonds is 3. The van der Waals surface area contributed by atoms with Gasteiger partial charge >= 0.3 is 0 Å². The van der Waals surface area contributed by atoms with Crippen molar-refractivity contribution in [3.63, 3.8) is 0 Å². The van der Waals surface area contributed by atoms with Gasteiger partial charge in [-0.15, -0.1) is 0 Å². The molecule has 0 aliphatic heterocycles. The van der Waals surface area contributed by atoms with Gasteiger partial charge in [-0.2, -0.15) is 0 Å². The van der Waals surface area contributed by atoms with Crippen molar-refractivity contribution in [3.8, 4) is 0 Å². The highest BCUT2D eigenvalue weighted by Gasteiger charge is 2.57. The molecule has 0 radical (unpaired) electrons. The van der Waals surface area contributed by atoms with Crippen molar-refractivity contribution in [1.29, 1.82) is 0 Å². The first-order chi connectivity index (χ1) is 11.9. The van der Waals surface area contributed by atoms with Crippen LogP contribution in [0, 0.1) is 35.0 Å². The lowest BCUT2D eigenvalue weighted by Gasteiger charge is -2.54. The van der Waals surface area contributed by atoms with Crippen LogP contribution in [0.3, 0.4) is 0 Å². The molecule has 0 spiro atoms. The fourth-order valence-corrected chi connectivity index (χ4v) is 7.48. The maximum atomic E-state index is 12.5. The van der Waals surface area contributed by atoms with E-state index in [1.165, 1.54) is 38.5 Å². The minimum atomic E-state index is -0.534. The van der Waals surface area contributed by atoms with Crippen molar-refractivity contribution in [3.05, 3.63) is 11.6 Å². The standard InChI is InChI=1S/C23H36O2/c1-4-21(24)20-9-8-19-18-7-6-15-14-23(25,5-2)13-11-16(15)17(18)10-12-22(19,20)3/h14,16-20,25H,4-13H2,1-3H3/t16-,17+,18+,19-,20+,22-,23+/m0/s1. The molecule has 4 rings (SSSR count). The molecular weight excluding hydrogens is 308 g/mol. The lowest BCUT2D eigenvalue weighted by molar-refractivity contribution is -0.128. The molecule has 0 aromatic carbocycles. The molecule has 4 aliphatic rings. The first-order valence-electron chi connectivity index (χ1n) is 10.9. The fourth-order valence-electron chi connectivity index (χ4n) is 7.48. The monoisotopic (exact) mass is 344 g/mol. The van der Waals surface area contributed by atoms with Crippen molar-refractivity contribution < 1.29 is 9.90 Å². The molecule has 0 aromatic heterocycles. The number of aliphatic hydroxyl groups is 1. The average Bonchev–Trinajstić information content (AvgIpc) is 2.98. The van der Waals surface area contributed by atoms with E-state index in [0.717, 1.165) is 42.9 Å². The average molecular weight is 345 g/mol. The van der Waals surface area contributed by atoms with E-state index >= 15 is 0 Å². The summed E-state index contributed by atoms with van der Waals surface area (Å²) in [5.74, 6) is 3.97. The van der Waals surface area contributed by atoms with Gasteiger partial charge in [-0.3, -0.25) is 4.79 Å². The topological polar surface area (TPSA) is 37.3 Å². The summed E-state index contributed by atoms with van der Waals surface area (Å²) in [6.45, 7) is 6.60. The summed E-state index contributed by atoms with van der Waals surface area (Å²) in [5, 5.41) is 10.7. The highest BCUT2D eigenvalue weighted by Crippen LogP contribution is 2.64. The van der Waals surface area contributed by atoms with Crippen LogP contribution in [0.15, 0.2) is 11.6 Å². The van der Waals surface area contributed by atoms with Gasteiger partial charge in [0.1, 0.15) is 5.78 Å². The summed E-state index contributed by atoms with van der Waals surface area (Å²) < 4.78 is 0. The first-order valence-corrected chi connectivity index (χ1v) is 10.9. The zero-order valence-corrected chi connectivity index (χ0v) is 16.4.